The second kappa shape index (κ2) is 7.48. The Morgan fingerprint density at radius 2 is 1.96 bits per heavy atom. The Hall–Kier alpha value is -3.35. The highest BCUT2D eigenvalue weighted by Gasteiger charge is 2.07. The van der Waals surface area contributed by atoms with Crippen molar-refractivity contribution in [1.29, 1.82) is 0 Å². The molecule has 128 valence electrons. The fraction of sp³-hybridized carbons (Fsp3) is 0.111. The molecule has 0 spiro atoms. The SMILES string of the molecule is COc1cc(/C=C/c2nnc(N)o2)ccc1OCc1ccccc1F. The minimum Gasteiger partial charge on any atom is -0.493 e. The van der Waals surface area contributed by atoms with Gasteiger partial charge in [-0.15, -0.1) is 5.10 Å². The predicted molar refractivity (Wildman–Crippen MR) is 91.4 cm³/mol. The molecule has 6 nitrogen and oxygen atoms in total. The number of ether oxygens (including phenoxy) is 2. The minimum atomic E-state index is -0.306. The molecule has 0 aliphatic rings. The van der Waals surface area contributed by atoms with Gasteiger partial charge in [0.05, 0.1) is 7.11 Å². The second-order valence-corrected chi connectivity index (χ2v) is 5.10. The lowest BCUT2D eigenvalue weighted by atomic mass is 10.2. The van der Waals surface area contributed by atoms with Crippen molar-refractivity contribution in [3.63, 3.8) is 0 Å². The molecule has 0 saturated heterocycles. The molecule has 1 heterocycles. The Morgan fingerprint density at radius 1 is 1.12 bits per heavy atom. The number of benzene rings is 2. The van der Waals surface area contributed by atoms with Crippen LogP contribution in [0.15, 0.2) is 46.9 Å². The van der Waals surface area contributed by atoms with Crippen LogP contribution in [0.5, 0.6) is 11.5 Å². The summed E-state index contributed by atoms with van der Waals surface area (Å²) in [5.41, 5.74) is 6.68. The van der Waals surface area contributed by atoms with E-state index in [4.69, 9.17) is 19.6 Å². The first-order valence-corrected chi connectivity index (χ1v) is 7.47. The molecule has 0 atom stereocenters. The molecule has 0 aliphatic carbocycles. The number of hydrogen-bond donors (Lipinski definition) is 1. The Bertz CT molecular complexity index is 893. The van der Waals surface area contributed by atoms with E-state index >= 15 is 0 Å². The molecular formula is C18H16FN3O3. The normalized spacial score (nSPS) is 11.0. The first-order chi connectivity index (χ1) is 12.2. The summed E-state index contributed by atoms with van der Waals surface area (Å²) in [5, 5.41) is 7.31. The lowest BCUT2D eigenvalue weighted by Gasteiger charge is -2.11. The highest BCUT2D eigenvalue weighted by atomic mass is 19.1. The number of anilines is 1. The Labute approximate surface area is 143 Å². The van der Waals surface area contributed by atoms with Gasteiger partial charge in [0.1, 0.15) is 12.4 Å². The molecule has 3 rings (SSSR count). The van der Waals surface area contributed by atoms with Gasteiger partial charge in [-0.2, -0.15) is 0 Å². The summed E-state index contributed by atoms with van der Waals surface area (Å²) in [4.78, 5) is 0. The van der Waals surface area contributed by atoms with E-state index in [2.05, 4.69) is 10.2 Å². The zero-order valence-electron chi connectivity index (χ0n) is 13.5. The van der Waals surface area contributed by atoms with Crippen LogP contribution >= 0.6 is 0 Å². The van der Waals surface area contributed by atoms with Crippen molar-refractivity contribution in [2.24, 2.45) is 0 Å². The number of rotatable bonds is 6. The molecule has 3 aromatic rings. The standard InChI is InChI=1S/C18H16FN3O3/c1-23-16-10-12(7-9-17-21-22-18(20)25-17)6-8-15(16)24-11-13-4-2-3-5-14(13)19/h2-10H,11H2,1H3,(H2,20,22)/b9-7+. The molecule has 0 amide bonds. The molecule has 2 aromatic carbocycles. The summed E-state index contributed by atoms with van der Waals surface area (Å²) in [7, 11) is 1.54. The topological polar surface area (TPSA) is 83.4 Å². The van der Waals surface area contributed by atoms with E-state index in [1.54, 1.807) is 42.5 Å². The zero-order chi connectivity index (χ0) is 17.6. The fourth-order valence-corrected chi connectivity index (χ4v) is 2.16. The van der Waals surface area contributed by atoms with Crippen LogP contribution in [0.2, 0.25) is 0 Å². The largest absolute Gasteiger partial charge is 0.493 e. The first kappa shape index (κ1) is 16.5. The van der Waals surface area contributed by atoms with Gasteiger partial charge in [-0.25, -0.2) is 4.39 Å². The van der Waals surface area contributed by atoms with E-state index in [0.717, 1.165) is 5.56 Å². The average Bonchev–Trinajstić information content (AvgIpc) is 3.05. The lowest BCUT2D eigenvalue weighted by molar-refractivity contribution is 0.279. The second-order valence-electron chi connectivity index (χ2n) is 5.10. The van der Waals surface area contributed by atoms with E-state index in [1.165, 1.54) is 13.2 Å². The maximum absolute atomic E-state index is 13.7. The minimum absolute atomic E-state index is 0.00845. The van der Waals surface area contributed by atoms with Crippen molar-refractivity contribution < 1.29 is 18.3 Å². The van der Waals surface area contributed by atoms with Crippen molar-refractivity contribution >= 4 is 18.2 Å². The van der Waals surface area contributed by atoms with Gasteiger partial charge in [0, 0.05) is 11.6 Å². The Morgan fingerprint density at radius 3 is 2.68 bits per heavy atom. The van der Waals surface area contributed by atoms with Crippen LogP contribution < -0.4 is 15.2 Å². The van der Waals surface area contributed by atoms with Crippen LogP contribution in [0.4, 0.5) is 10.4 Å². The summed E-state index contributed by atoms with van der Waals surface area (Å²) in [6.45, 7) is 0.111. The van der Waals surface area contributed by atoms with E-state index in [-0.39, 0.29) is 18.4 Å². The van der Waals surface area contributed by atoms with Crippen LogP contribution in [-0.4, -0.2) is 17.3 Å². The van der Waals surface area contributed by atoms with Crippen molar-refractivity contribution in [3.8, 4) is 11.5 Å². The molecule has 25 heavy (non-hydrogen) atoms. The molecule has 1 aromatic heterocycles. The fourth-order valence-electron chi connectivity index (χ4n) is 2.16. The summed E-state index contributed by atoms with van der Waals surface area (Å²) >= 11 is 0. The number of nitrogen functional groups attached to an aromatic ring is 1. The van der Waals surface area contributed by atoms with Crippen LogP contribution in [0.3, 0.4) is 0 Å². The van der Waals surface area contributed by atoms with Gasteiger partial charge in [0.15, 0.2) is 11.5 Å². The first-order valence-electron chi connectivity index (χ1n) is 7.47. The molecular weight excluding hydrogens is 325 g/mol. The zero-order valence-corrected chi connectivity index (χ0v) is 13.5. The molecule has 0 fully saturated rings. The quantitative estimate of drug-likeness (QED) is 0.738. The smallest absolute Gasteiger partial charge is 0.313 e. The van der Waals surface area contributed by atoms with Crippen LogP contribution in [-0.2, 0) is 6.61 Å². The van der Waals surface area contributed by atoms with Crippen LogP contribution in [0.25, 0.3) is 12.2 Å². The number of halogens is 1. The molecule has 0 saturated carbocycles. The van der Waals surface area contributed by atoms with Gasteiger partial charge in [-0.1, -0.05) is 29.4 Å². The number of nitrogens with zero attached hydrogens (tertiary/aromatic N) is 2. The number of aromatic nitrogens is 2. The van der Waals surface area contributed by atoms with Gasteiger partial charge in [0.2, 0.25) is 5.89 Å². The predicted octanol–water partition coefficient (Wildman–Crippen LogP) is 3.55. The van der Waals surface area contributed by atoms with E-state index in [1.807, 2.05) is 6.07 Å². The molecule has 0 radical (unpaired) electrons. The third-order valence-electron chi connectivity index (χ3n) is 3.40. The van der Waals surface area contributed by atoms with Crippen molar-refractivity contribution in [1.82, 2.24) is 10.2 Å². The average molecular weight is 341 g/mol. The summed E-state index contributed by atoms with van der Waals surface area (Å²) in [5.74, 6) is 1.05. The summed E-state index contributed by atoms with van der Waals surface area (Å²) < 4.78 is 29.7. The van der Waals surface area contributed by atoms with Gasteiger partial charge in [0.25, 0.3) is 0 Å². The third-order valence-corrected chi connectivity index (χ3v) is 3.40. The molecule has 0 aliphatic heterocycles. The maximum atomic E-state index is 13.7. The Balaban J connectivity index is 1.73. The highest BCUT2D eigenvalue weighted by molar-refractivity contribution is 5.68. The third kappa shape index (κ3) is 4.14. The van der Waals surface area contributed by atoms with Gasteiger partial charge in [-0.05, 0) is 29.8 Å². The monoisotopic (exact) mass is 341 g/mol. The van der Waals surface area contributed by atoms with Gasteiger partial charge in [-0.3, -0.25) is 0 Å². The Kier molecular flexibility index (Phi) is 4.94. The van der Waals surface area contributed by atoms with Gasteiger partial charge >= 0.3 is 6.01 Å². The van der Waals surface area contributed by atoms with E-state index < -0.39 is 0 Å². The highest BCUT2D eigenvalue weighted by Crippen LogP contribution is 2.29. The van der Waals surface area contributed by atoms with Gasteiger partial charge < -0.3 is 19.6 Å². The van der Waals surface area contributed by atoms with Crippen molar-refractivity contribution in [3.05, 3.63) is 65.3 Å². The maximum Gasteiger partial charge on any atom is 0.313 e. The van der Waals surface area contributed by atoms with Crippen molar-refractivity contribution in [2.45, 2.75) is 6.61 Å². The number of nitrogens with two attached hydrogens (primary N) is 1. The molecule has 0 unspecified atom stereocenters. The molecule has 0 bridgehead atoms. The van der Waals surface area contributed by atoms with E-state index in [9.17, 15) is 4.39 Å². The summed E-state index contributed by atoms with van der Waals surface area (Å²) in [6, 6.07) is 11.8. The molecule has 2 N–H and O–H groups in total. The van der Waals surface area contributed by atoms with Crippen LogP contribution in [0, 0.1) is 5.82 Å². The van der Waals surface area contributed by atoms with E-state index in [0.29, 0.717) is 23.0 Å². The number of hydrogen-bond acceptors (Lipinski definition) is 6. The van der Waals surface area contributed by atoms with Crippen molar-refractivity contribution in [2.75, 3.05) is 12.8 Å². The molecule has 7 heteroatoms. The lowest BCUT2D eigenvalue weighted by Crippen LogP contribution is -2.00. The summed E-state index contributed by atoms with van der Waals surface area (Å²) in [6.07, 6.45) is 3.41. The van der Waals surface area contributed by atoms with Crippen LogP contribution in [0.1, 0.15) is 17.0 Å². The number of methoxy groups -OCH3 is 1.